The van der Waals surface area contributed by atoms with Crippen molar-refractivity contribution < 1.29 is 4.79 Å². The minimum absolute atomic E-state index is 0.716. The van der Waals surface area contributed by atoms with Crippen molar-refractivity contribution in [3.63, 3.8) is 0 Å². The predicted octanol–water partition coefficient (Wildman–Crippen LogP) is -0.488. The number of amides is 1. The molecule has 4 nitrogen and oxygen atoms in total. The van der Waals surface area contributed by atoms with E-state index in [4.69, 9.17) is 0 Å². The maximum Gasteiger partial charge on any atom is 0.209 e. The van der Waals surface area contributed by atoms with Crippen molar-refractivity contribution in [1.82, 2.24) is 15.1 Å². The van der Waals surface area contributed by atoms with Crippen molar-refractivity contribution in [2.24, 2.45) is 0 Å². The Labute approximate surface area is 85.2 Å². The molecule has 0 saturated carbocycles. The average molecular weight is 197 g/mol. The summed E-state index contributed by atoms with van der Waals surface area (Å²) in [5, 5.41) is 3.37. The maximum absolute atomic E-state index is 10.5. The first kappa shape index (κ1) is 9.93. The number of nitrogens with zero attached hydrogens (tertiary/aromatic N) is 2. The molecule has 2 heterocycles. The van der Waals surface area contributed by atoms with Gasteiger partial charge in [-0.25, -0.2) is 0 Å². The van der Waals surface area contributed by atoms with Gasteiger partial charge in [0.1, 0.15) is 0 Å². The molecule has 1 N–H and O–H groups in total. The first-order valence-electron chi connectivity index (χ1n) is 5.54. The van der Waals surface area contributed by atoms with E-state index in [0.29, 0.717) is 6.04 Å². The van der Waals surface area contributed by atoms with Crippen molar-refractivity contribution in [2.75, 3.05) is 39.3 Å². The van der Waals surface area contributed by atoms with Crippen LogP contribution in [0.25, 0.3) is 0 Å². The lowest BCUT2D eigenvalue weighted by Gasteiger charge is -2.39. The fourth-order valence-electron chi connectivity index (χ4n) is 2.40. The van der Waals surface area contributed by atoms with Gasteiger partial charge in [-0.2, -0.15) is 0 Å². The standard InChI is InChI=1S/C10H19N3O/c14-9-12-5-1-10(2-6-12)13-7-3-11-4-8-13/h9-11H,1-8H2. The summed E-state index contributed by atoms with van der Waals surface area (Å²) < 4.78 is 0. The SMILES string of the molecule is O=CN1CCC(N2CCNCC2)CC1. The molecule has 0 unspecified atom stereocenters. The van der Waals surface area contributed by atoms with Crippen LogP contribution in [-0.2, 0) is 4.79 Å². The predicted molar refractivity (Wildman–Crippen MR) is 55.1 cm³/mol. The Hall–Kier alpha value is -0.610. The molecule has 2 aliphatic heterocycles. The van der Waals surface area contributed by atoms with Crippen LogP contribution in [0.4, 0.5) is 0 Å². The molecule has 2 rings (SSSR count). The number of hydrogen-bond donors (Lipinski definition) is 1. The Morgan fingerprint density at radius 2 is 1.71 bits per heavy atom. The van der Waals surface area contributed by atoms with E-state index in [9.17, 15) is 4.79 Å². The van der Waals surface area contributed by atoms with Crippen LogP contribution >= 0.6 is 0 Å². The van der Waals surface area contributed by atoms with Crippen molar-refractivity contribution >= 4 is 6.41 Å². The second-order valence-corrected chi connectivity index (χ2v) is 4.16. The number of carbonyl (C=O) groups excluding carboxylic acids is 1. The molecule has 0 radical (unpaired) electrons. The molecule has 2 aliphatic rings. The molecule has 2 saturated heterocycles. The molecule has 0 bridgehead atoms. The quantitative estimate of drug-likeness (QED) is 0.607. The number of hydrogen-bond acceptors (Lipinski definition) is 3. The molecule has 0 spiro atoms. The summed E-state index contributed by atoms with van der Waals surface area (Å²) in [6, 6.07) is 0.716. The zero-order chi connectivity index (χ0) is 9.80. The fourth-order valence-corrected chi connectivity index (χ4v) is 2.40. The summed E-state index contributed by atoms with van der Waals surface area (Å²) in [5.41, 5.74) is 0. The normalized spacial score (nSPS) is 26.4. The zero-order valence-corrected chi connectivity index (χ0v) is 8.61. The van der Waals surface area contributed by atoms with E-state index in [-0.39, 0.29) is 0 Å². The molecule has 0 aromatic heterocycles. The third-order valence-corrected chi connectivity index (χ3v) is 3.32. The van der Waals surface area contributed by atoms with E-state index in [1.54, 1.807) is 0 Å². The fraction of sp³-hybridized carbons (Fsp3) is 0.900. The number of piperidine rings is 1. The minimum Gasteiger partial charge on any atom is -0.345 e. The van der Waals surface area contributed by atoms with Crippen molar-refractivity contribution in [1.29, 1.82) is 0 Å². The van der Waals surface area contributed by atoms with Gasteiger partial charge in [0.05, 0.1) is 0 Å². The van der Waals surface area contributed by atoms with Gasteiger partial charge in [-0.05, 0) is 12.8 Å². The second kappa shape index (κ2) is 4.75. The third-order valence-electron chi connectivity index (χ3n) is 3.32. The van der Waals surface area contributed by atoms with Crippen molar-refractivity contribution in [3.05, 3.63) is 0 Å². The molecular formula is C10H19N3O. The van der Waals surface area contributed by atoms with Crippen LogP contribution in [0.2, 0.25) is 0 Å². The molecule has 0 aromatic rings. The first-order chi connectivity index (χ1) is 6.90. The van der Waals surface area contributed by atoms with Gasteiger partial charge in [0.25, 0.3) is 0 Å². The summed E-state index contributed by atoms with van der Waals surface area (Å²) in [4.78, 5) is 15.0. The van der Waals surface area contributed by atoms with Crippen LogP contribution in [0.3, 0.4) is 0 Å². The van der Waals surface area contributed by atoms with Crippen LogP contribution in [0, 0.1) is 0 Å². The molecule has 0 aromatic carbocycles. The van der Waals surface area contributed by atoms with Gasteiger partial charge in [0.15, 0.2) is 0 Å². The van der Waals surface area contributed by atoms with Crippen LogP contribution in [0.15, 0.2) is 0 Å². The topological polar surface area (TPSA) is 35.6 Å². The third kappa shape index (κ3) is 2.25. The number of rotatable bonds is 2. The van der Waals surface area contributed by atoms with E-state index in [1.807, 2.05) is 4.90 Å². The maximum atomic E-state index is 10.5. The molecule has 80 valence electrons. The number of carbonyl (C=O) groups is 1. The number of likely N-dealkylation sites (tertiary alicyclic amines) is 1. The second-order valence-electron chi connectivity index (χ2n) is 4.16. The first-order valence-corrected chi connectivity index (χ1v) is 5.54. The van der Waals surface area contributed by atoms with Gasteiger partial charge in [0, 0.05) is 45.3 Å². The van der Waals surface area contributed by atoms with Crippen LogP contribution in [0.5, 0.6) is 0 Å². The van der Waals surface area contributed by atoms with E-state index in [0.717, 1.165) is 45.4 Å². The Kier molecular flexibility index (Phi) is 3.37. The smallest absolute Gasteiger partial charge is 0.209 e. The lowest BCUT2D eigenvalue weighted by Crippen LogP contribution is -2.51. The van der Waals surface area contributed by atoms with Crippen molar-refractivity contribution in [3.8, 4) is 0 Å². The monoisotopic (exact) mass is 197 g/mol. The van der Waals surface area contributed by atoms with Gasteiger partial charge >= 0.3 is 0 Å². The number of nitrogens with one attached hydrogen (secondary N) is 1. The van der Waals surface area contributed by atoms with Crippen molar-refractivity contribution in [2.45, 2.75) is 18.9 Å². The van der Waals surface area contributed by atoms with E-state index >= 15 is 0 Å². The highest BCUT2D eigenvalue weighted by Gasteiger charge is 2.24. The molecule has 0 atom stereocenters. The summed E-state index contributed by atoms with van der Waals surface area (Å²) in [6.07, 6.45) is 3.28. The molecule has 0 aliphatic carbocycles. The van der Waals surface area contributed by atoms with Crippen LogP contribution in [0.1, 0.15) is 12.8 Å². The molecule has 4 heteroatoms. The molecule has 14 heavy (non-hydrogen) atoms. The lowest BCUT2D eigenvalue weighted by molar-refractivity contribution is -0.119. The molecule has 2 fully saturated rings. The Morgan fingerprint density at radius 1 is 1.07 bits per heavy atom. The van der Waals surface area contributed by atoms with Gasteiger partial charge in [-0.15, -0.1) is 0 Å². The summed E-state index contributed by atoms with van der Waals surface area (Å²) >= 11 is 0. The van der Waals surface area contributed by atoms with Crippen LogP contribution < -0.4 is 5.32 Å². The molecular weight excluding hydrogens is 178 g/mol. The van der Waals surface area contributed by atoms with E-state index < -0.39 is 0 Å². The zero-order valence-electron chi connectivity index (χ0n) is 8.61. The van der Waals surface area contributed by atoms with Crippen LogP contribution in [-0.4, -0.2) is 61.5 Å². The largest absolute Gasteiger partial charge is 0.345 e. The Bertz CT molecular complexity index is 184. The Morgan fingerprint density at radius 3 is 2.29 bits per heavy atom. The summed E-state index contributed by atoms with van der Waals surface area (Å²) in [6.45, 7) is 6.47. The lowest BCUT2D eigenvalue weighted by atomic mass is 10.0. The van der Waals surface area contributed by atoms with Gasteiger partial charge in [-0.3, -0.25) is 9.69 Å². The minimum atomic E-state index is 0.716. The average Bonchev–Trinajstić information content (AvgIpc) is 2.30. The Balaban J connectivity index is 1.78. The van der Waals surface area contributed by atoms with Gasteiger partial charge in [-0.1, -0.05) is 0 Å². The van der Waals surface area contributed by atoms with E-state index in [1.165, 1.54) is 13.1 Å². The highest BCUT2D eigenvalue weighted by Crippen LogP contribution is 2.15. The number of piperazine rings is 1. The summed E-state index contributed by atoms with van der Waals surface area (Å²) in [5.74, 6) is 0. The van der Waals surface area contributed by atoms with E-state index in [2.05, 4.69) is 10.2 Å². The summed E-state index contributed by atoms with van der Waals surface area (Å²) in [7, 11) is 0. The van der Waals surface area contributed by atoms with Gasteiger partial charge in [0.2, 0.25) is 6.41 Å². The van der Waals surface area contributed by atoms with Gasteiger partial charge < -0.3 is 10.2 Å². The highest BCUT2D eigenvalue weighted by atomic mass is 16.1. The highest BCUT2D eigenvalue weighted by molar-refractivity contribution is 5.47. The molecule has 1 amide bonds.